The predicted molar refractivity (Wildman–Crippen MR) is 58.8 cm³/mol. The molecular weight excluding hydrogens is 214 g/mol. The van der Waals surface area contributed by atoms with Crippen LogP contribution in [0.25, 0.3) is 0 Å². The highest BCUT2D eigenvalue weighted by Crippen LogP contribution is 2.04. The Bertz CT molecular complexity index is 414. The van der Waals surface area contributed by atoms with E-state index in [2.05, 4.69) is 0 Å². The average molecular weight is 229 g/mol. The van der Waals surface area contributed by atoms with Gasteiger partial charge in [-0.25, -0.2) is 13.6 Å². The van der Waals surface area contributed by atoms with Crippen molar-refractivity contribution >= 4 is 10.0 Å². The minimum Gasteiger partial charge on any atom is -0.376 e. The van der Waals surface area contributed by atoms with E-state index in [1.54, 1.807) is 0 Å². The SMILES string of the molecule is Cc1cccc(COCCS(N)(=O)=O)c1. The van der Waals surface area contributed by atoms with Crippen LogP contribution in [0.2, 0.25) is 0 Å². The summed E-state index contributed by atoms with van der Waals surface area (Å²) in [7, 11) is -3.41. The number of primary sulfonamides is 1. The van der Waals surface area contributed by atoms with E-state index in [1.807, 2.05) is 31.2 Å². The maximum atomic E-state index is 10.6. The fourth-order valence-electron chi connectivity index (χ4n) is 1.17. The van der Waals surface area contributed by atoms with Gasteiger partial charge < -0.3 is 4.74 Å². The molecule has 0 amide bonds. The standard InChI is InChI=1S/C10H15NO3S/c1-9-3-2-4-10(7-9)8-14-5-6-15(11,12)13/h2-4,7H,5-6,8H2,1H3,(H2,11,12,13). The normalized spacial score (nSPS) is 11.6. The lowest BCUT2D eigenvalue weighted by atomic mass is 10.1. The summed E-state index contributed by atoms with van der Waals surface area (Å²) in [4.78, 5) is 0. The number of hydrogen-bond donors (Lipinski definition) is 1. The van der Waals surface area contributed by atoms with Gasteiger partial charge in [-0.2, -0.15) is 0 Å². The van der Waals surface area contributed by atoms with Gasteiger partial charge in [0.25, 0.3) is 0 Å². The molecular formula is C10H15NO3S. The van der Waals surface area contributed by atoms with Crippen molar-refractivity contribution in [1.29, 1.82) is 0 Å². The number of nitrogens with two attached hydrogens (primary N) is 1. The minimum absolute atomic E-state index is 0.132. The van der Waals surface area contributed by atoms with Crippen LogP contribution in [0.1, 0.15) is 11.1 Å². The average Bonchev–Trinajstić information content (AvgIpc) is 2.11. The highest BCUT2D eigenvalue weighted by molar-refractivity contribution is 7.89. The molecule has 0 radical (unpaired) electrons. The van der Waals surface area contributed by atoms with Gasteiger partial charge in [0.2, 0.25) is 10.0 Å². The second kappa shape index (κ2) is 5.25. The van der Waals surface area contributed by atoms with Crippen molar-refractivity contribution in [3.05, 3.63) is 35.4 Å². The molecule has 0 fully saturated rings. The van der Waals surface area contributed by atoms with E-state index in [4.69, 9.17) is 9.88 Å². The Hall–Kier alpha value is -0.910. The van der Waals surface area contributed by atoms with E-state index in [1.165, 1.54) is 0 Å². The van der Waals surface area contributed by atoms with Crippen LogP contribution >= 0.6 is 0 Å². The number of hydrogen-bond acceptors (Lipinski definition) is 3. The van der Waals surface area contributed by atoms with E-state index in [-0.39, 0.29) is 12.4 Å². The van der Waals surface area contributed by atoms with Crippen molar-refractivity contribution in [3.63, 3.8) is 0 Å². The Morgan fingerprint density at radius 2 is 2.13 bits per heavy atom. The van der Waals surface area contributed by atoms with Crippen molar-refractivity contribution in [1.82, 2.24) is 0 Å². The molecule has 0 unspecified atom stereocenters. The summed E-state index contributed by atoms with van der Waals surface area (Å²) in [6.45, 7) is 2.54. The van der Waals surface area contributed by atoms with Crippen molar-refractivity contribution < 1.29 is 13.2 Å². The zero-order valence-electron chi connectivity index (χ0n) is 8.64. The van der Waals surface area contributed by atoms with Crippen LogP contribution in [0, 0.1) is 6.92 Å². The van der Waals surface area contributed by atoms with Gasteiger partial charge >= 0.3 is 0 Å². The van der Waals surface area contributed by atoms with Gasteiger partial charge in [-0.05, 0) is 12.5 Å². The molecule has 1 aromatic rings. The highest BCUT2D eigenvalue weighted by atomic mass is 32.2. The Balaban J connectivity index is 2.32. The molecule has 1 rings (SSSR count). The maximum Gasteiger partial charge on any atom is 0.211 e. The third kappa shape index (κ3) is 5.51. The third-order valence-electron chi connectivity index (χ3n) is 1.86. The van der Waals surface area contributed by atoms with Gasteiger partial charge in [-0.15, -0.1) is 0 Å². The van der Waals surface area contributed by atoms with Crippen molar-refractivity contribution in [2.45, 2.75) is 13.5 Å². The summed E-state index contributed by atoms with van der Waals surface area (Å²) in [6, 6.07) is 7.86. The van der Waals surface area contributed by atoms with E-state index in [9.17, 15) is 8.42 Å². The number of sulfonamides is 1. The lowest BCUT2D eigenvalue weighted by Gasteiger charge is -2.04. The molecule has 2 N–H and O–H groups in total. The topological polar surface area (TPSA) is 69.4 Å². The highest BCUT2D eigenvalue weighted by Gasteiger charge is 2.01. The van der Waals surface area contributed by atoms with Gasteiger partial charge in [0.1, 0.15) is 0 Å². The first-order chi connectivity index (χ1) is 6.97. The molecule has 0 atom stereocenters. The molecule has 4 nitrogen and oxygen atoms in total. The zero-order chi connectivity index (χ0) is 11.3. The third-order valence-corrected chi connectivity index (χ3v) is 2.60. The predicted octanol–water partition coefficient (Wildman–Crippen LogP) is 0.800. The van der Waals surface area contributed by atoms with Gasteiger partial charge in [0.05, 0.1) is 19.0 Å². The fraction of sp³-hybridized carbons (Fsp3) is 0.400. The Kier molecular flexibility index (Phi) is 4.26. The van der Waals surface area contributed by atoms with Crippen LogP contribution in [0.15, 0.2) is 24.3 Å². The lowest BCUT2D eigenvalue weighted by molar-refractivity contribution is 0.135. The van der Waals surface area contributed by atoms with Crippen molar-refractivity contribution in [2.24, 2.45) is 5.14 Å². The van der Waals surface area contributed by atoms with Crippen LogP contribution in [-0.2, 0) is 21.4 Å². The van der Waals surface area contributed by atoms with Crippen LogP contribution in [0.3, 0.4) is 0 Å². The molecule has 0 spiro atoms. The molecule has 0 aliphatic rings. The van der Waals surface area contributed by atoms with Crippen LogP contribution in [0.4, 0.5) is 0 Å². The first-order valence-corrected chi connectivity index (χ1v) is 6.33. The van der Waals surface area contributed by atoms with E-state index in [0.29, 0.717) is 6.61 Å². The largest absolute Gasteiger partial charge is 0.376 e. The maximum absolute atomic E-state index is 10.6. The summed E-state index contributed by atoms with van der Waals surface area (Å²) in [5, 5.41) is 4.83. The number of aryl methyl sites for hydroxylation is 1. The summed E-state index contributed by atoms with van der Waals surface area (Å²) >= 11 is 0. The summed E-state index contributed by atoms with van der Waals surface area (Å²) < 4.78 is 26.4. The smallest absolute Gasteiger partial charge is 0.211 e. The lowest BCUT2D eigenvalue weighted by Crippen LogP contribution is -2.20. The van der Waals surface area contributed by atoms with Crippen LogP contribution < -0.4 is 5.14 Å². The van der Waals surface area contributed by atoms with Gasteiger partial charge in [0.15, 0.2) is 0 Å². The molecule has 0 heterocycles. The molecule has 84 valence electrons. The van der Waals surface area contributed by atoms with E-state index < -0.39 is 10.0 Å². The number of rotatable bonds is 5. The summed E-state index contributed by atoms with van der Waals surface area (Å²) in [5.74, 6) is -0.140. The second-order valence-corrected chi connectivity index (χ2v) is 5.14. The van der Waals surface area contributed by atoms with Crippen molar-refractivity contribution in [2.75, 3.05) is 12.4 Å². The monoisotopic (exact) mass is 229 g/mol. The quantitative estimate of drug-likeness (QED) is 0.759. The second-order valence-electron chi connectivity index (χ2n) is 3.41. The van der Waals surface area contributed by atoms with E-state index in [0.717, 1.165) is 11.1 Å². The Morgan fingerprint density at radius 3 is 2.73 bits per heavy atom. The molecule has 0 aliphatic carbocycles. The van der Waals surface area contributed by atoms with Crippen molar-refractivity contribution in [3.8, 4) is 0 Å². The van der Waals surface area contributed by atoms with Crippen LogP contribution in [-0.4, -0.2) is 20.8 Å². The van der Waals surface area contributed by atoms with E-state index >= 15 is 0 Å². The molecule has 0 aliphatic heterocycles. The van der Waals surface area contributed by atoms with Gasteiger partial charge in [-0.3, -0.25) is 0 Å². The molecule has 0 saturated heterocycles. The number of ether oxygens (including phenoxy) is 1. The van der Waals surface area contributed by atoms with Gasteiger partial charge in [0, 0.05) is 0 Å². The van der Waals surface area contributed by atoms with Gasteiger partial charge in [-0.1, -0.05) is 29.8 Å². The molecule has 1 aromatic carbocycles. The fourth-order valence-corrected chi connectivity index (χ4v) is 1.52. The van der Waals surface area contributed by atoms with Crippen LogP contribution in [0.5, 0.6) is 0 Å². The Morgan fingerprint density at radius 1 is 1.40 bits per heavy atom. The molecule has 0 bridgehead atoms. The summed E-state index contributed by atoms with van der Waals surface area (Å²) in [5.41, 5.74) is 2.19. The molecule has 5 heteroatoms. The minimum atomic E-state index is -3.41. The number of benzene rings is 1. The summed E-state index contributed by atoms with van der Waals surface area (Å²) in [6.07, 6.45) is 0. The Labute approximate surface area is 90.1 Å². The first-order valence-electron chi connectivity index (χ1n) is 4.61. The molecule has 0 saturated carbocycles. The first kappa shape index (κ1) is 12.2. The zero-order valence-corrected chi connectivity index (χ0v) is 9.46. The molecule has 15 heavy (non-hydrogen) atoms. The molecule has 0 aromatic heterocycles.